The standard InChI is InChI=1S/C15H26O2S2/c1-4-15(2,17)9-8-12-6-7-13(16)14(12)19-11-5-10-18-3/h8-9,12,14,17H,4-7,10-11H2,1-3H3/t12-,14-,15?/m1/s1. The Bertz CT molecular complexity index is 313. The lowest BCUT2D eigenvalue weighted by Crippen LogP contribution is -2.21. The van der Waals surface area contributed by atoms with Crippen LogP contribution in [0.25, 0.3) is 0 Å². The van der Waals surface area contributed by atoms with Gasteiger partial charge >= 0.3 is 0 Å². The summed E-state index contributed by atoms with van der Waals surface area (Å²) >= 11 is 3.66. The molecule has 1 aliphatic rings. The molecule has 4 heteroatoms. The molecular formula is C15H26O2S2. The molecule has 1 saturated carbocycles. The third kappa shape index (κ3) is 5.92. The van der Waals surface area contributed by atoms with Crippen molar-refractivity contribution in [1.82, 2.24) is 0 Å². The molecule has 110 valence electrons. The number of carbonyl (C=O) groups is 1. The van der Waals surface area contributed by atoms with Gasteiger partial charge in [-0.25, -0.2) is 0 Å². The van der Waals surface area contributed by atoms with Crippen LogP contribution in [-0.4, -0.2) is 39.5 Å². The Balaban J connectivity index is 2.49. The Hall–Kier alpha value is 0.0700. The van der Waals surface area contributed by atoms with E-state index in [0.29, 0.717) is 24.5 Å². The van der Waals surface area contributed by atoms with E-state index in [2.05, 4.69) is 12.3 Å². The maximum absolute atomic E-state index is 11.9. The van der Waals surface area contributed by atoms with Crippen molar-refractivity contribution in [2.75, 3.05) is 17.8 Å². The number of allylic oxidation sites excluding steroid dienone is 1. The van der Waals surface area contributed by atoms with Crippen LogP contribution in [0.1, 0.15) is 39.5 Å². The Morgan fingerprint density at radius 1 is 1.47 bits per heavy atom. The van der Waals surface area contributed by atoms with E-state index in [4.69, 9.17) is 0 Å². The summed E-state index contributed by atoms with van der Waals surface area (Å²) in [4.78, 5) is 11.9. The van der Waals surface area contributed by atoms with E-state index in [1.165, 1.54) is 12.2 Å². The van der Waals surface area contributed by atoms with Gasteiger partial charge in [-0.3, -0.25) is 4.79 Å². The van der Waals surface area contributed by atoms with E-state index < -0.39 is 5.60 Å². The van der Waals surface area contributed by atoms with E-state index in [1.807, 2.05) is 31.7 Å². The first-order valence-electron chi connectivity index (χ1n) is 7.05. The molecule has 2 nitrogen and oxygen atoms in total. The summed E-state index contributed by atoms with van der Waals surface area (Å²) in [5.74, 6) is 2.93. The van der Waals surface area contributed by atoms with E-state index in [9.17, 15) is 9.90 Å². The van der Waals surface area contributed by atoms with E-state index in [-0.39, 0.29) is 5.25 Å². The van der Waals surface area contributed by atoms with Gasteiger partial charge in [0.05, 0.1) is 10.9 Å². The van der Waals surface area contributed by atoms with Crippen molar-refractivity contribution in [1.29, 1.82) is 0 Å². The quantitative estimate of drug-likeness (QED) is 0.550. The van der Waals surface area contributed by atoms with Crippen molar-refractivity contribution in [3.8, 4) is 0 Å². The normalized spacial score (nSPS) is 27.1. The van der Waals surface area contributed by atoms with Crippen molar-refractivity contribution in [3.63, 3.8) is 0 Å². The number of aliphatic hydroxyl groups is 1. The number of hydrogen-bond acceptors (Lipinski definition) is 4. The molecule has 19 heavy (non-hydrogen) atoms. The molecule has 0 saturated heterocycles. The second kappa shape index (κ2) is 8.38. The minimum absolute atomic E-state index is 0.116. The molecule has 0 amide bonds. The summed E-state index contributed by atoms with van der Waals surface area (Å²) in [5, 5.41) is 10.1. The van der Waals surface area contributed by atoms with Gasteiger partial charge in [0.2, 0.25) is 0 Å². The number of ketones is 1. The molecule has 0 radical (unpaired) electrons. The molecule has 1 fully saturated rings. The maximum Gasteiger partial charge on any atom is 0.146 e. The van der Waals surface area contributed by atoms with Crippen molar-refractivity contribution in [2.24, 2.45) is 5.92 Å². The number of Topliss-reactive ketones (excluding diaryl/α,β-unsaturated/α-hetero) is 1. The fourth-order valence-electron chi connectivity index (χ4n) is 2.12. The zero-order valence-electron chi connectivity index (χ0n) is 12.2. The molecule has 0 spiro atoms. The zero-order valence-corrected chi connectivity index (χ0v) is 13.9. The van der Waals surface area contributed by atoms with Gasteiger partial charge in [0.1, 0.15) is 5.78 Å². The van der Waals surface area contributed by atoms with Crippen LogP contribution in [0.3, 0.4) is 0 Å². The van der Waals surface area contributed by atoms with E-state index in [1.54, 1.807) is 11.8 Å². The second-order valence-electron chi connectivity index (χ2n) is 5.38. The molecular weight excluding hydrogens is 276 g/mol. The number of hydrogen-bond donors (Lipinski definition) is 1. The zero-order chi connectivity index (χ0) is 14.3. The third-order valence-corrected chi connectivity index (χ3v) is 5.83. The Labute approximate surface area is 125 Å². The minimum atomic E-state index is -0.736. The molecule has 0 bridgehead atoms. The Morgan fingerprint density at radius 2 is 2.21 bits per heavy atom. The molecule has 0 aliphatic heterocycles. The monoisotopic (exact) mass is 302 g/mol. The highest BCUT2D eigenvalue weighted by Gasteiger charge is 2.33. The highest BCUT2D eigenvalue weighted by molar-refractivity contribution is 8.00. The van der Waals surface area contributed by atoms with Crippen molar-refractivity contribution >= 4 is 29.3 Å². The lowest BCUT2D eigenvalue weighted by molar-refractivity contribution is -0.117. The molecule has 0 aromatic heterocycles. The van der Waals surface area contributed by atoms with Crippen LogP contribution < -0.4 is 0 Å². The van der Waals surface area contributed by atoms with Crippen molar-refractivity contribution in [2.45, 2.75) is 50.4 Å². The minimum Gasteiger partial charge on any atom is -0.386 e. The lowest BCUT2D eigenvalue weighted by Gasteiger charge is -2.19. The van der Waals surface area contributed by atoms with Crippen molar-refractivity contribution in [3.05, 3.63) is 12.2 Å². The topological polar surface area (TPSA) is 37.3 Å². The second-order valence-corrected chi connectivity index (χ2v) is 7.61. The fourth-order valence-corrected chi connectivity index (χ4v) is 4.08. The van der Waals surface area contributed by atoms with Crippen LogP contribution in [0.4, 0.5) is 0 Å². The van der Waals surface area contributed by atoms with Gasteiger partial charge in [-0.1, -0.05) is 19.1 Å². The molecule has 1 aliphatic carbocycles. The van der Waals surface area contributed by atoms with Gasteiger partial charge in [0.15, 0.2) is 0 Å². The molecule has 0 aromatic carbocycles. The van der Waals surface area contributed by atoms with E-state index >= 15 is 0 Å². The van der Waals surface area contributed by atoms with Crippen LogP contribution >= 0.6 is 23.5 Å². The summed E-state index contributed by atoms with van der Waals surface area (Å²) < 4.78 is 0. The predicted octanol–water partition coefficient (Wildman–Crippen LogP) is 3.54. The third-order valence-electron chi connectivity index (χ3n) is 3.64. The first-order valence-corrected chi connectivity index (χ1v) is 9.49. The number of thioether (sulfide) groups is 2. The highest BCUT2D eigenvalue weighted by Crippen LogP contribution is 2.34. The summed E-state index contributed by atoms with van der Waals surface area (Å²) in [6.45, 7) is 3.79. The summed E-state index contributed by atoms with van der Waals surface area (Å²) in [6.07, 6.45) is 9.57. The summed E-state index contributed by atoms with van der Waals surface area (Å²) in [6, 6.07) is 0. The van der Waals surface area contributed by atoms with Crippen LogP contribution in [0.2, 0.25) is 0 Å². The predicted molar refractivity (Wildman–Crippen MR) is 87.0 cm³/mol. The summed E-state index contributed by atoms with van der Waals surface area (Å²) in [7, 11) is 0. The van der Waals surface area contributed by atoms with Gasteiger partial charge in [0, 0.05) is 6.42 Å². The first kappa shape index (κ1) is 17.1. The largest absolute Gasteiger partial charge is 0.386 e. The van der Waals surface area contributed by atoms with Crippen LogP contribution in [0, 0.1) is 5.92 Å². The fraction of sp³-hybridized carbons (Fsp3) is 0.800. The summed E-state index contributed by atoms with van der Waals surface area (Å²) in [5.41, 5.74) is -0.736. The average Bonchev–Trinajstić information content (AvgIpc) is 2.74. The number of carbonyl (C=O) groups excluding carboxylic acids is 1. The molecule has 1 rings (SSSR count). The van der Waals surface area contributed by atoms with Crippen LogP contribution in [0.5, 0.6) is 0 Å². The number of rotatable bonds is 8. The van der Waals surface area contributed by atoms with Gasteiger partial charge < -0.3 is 5.11 Å². The Kier molecular flexibility index (Phi) is 7.55. The molecule has 1 N–H and O–H groups in total. The average molecular weight is 303 g/mol. The lowest BCUT2D eigenvalue weighted by atomic mass is 9.99. The van der Waals surface area contributed by atoms with Gasteiger partial charge in [0.25, 0.3) is 0 Å². The van der Waals surface area contributed by atoms with Gasteiger partial charge in [-0.05, 0) is 49.9 Å². The van der Waals surface area contributed by atoms with Crippen molar-refractivity contribution < 1.29 is 9.90 Å². The Morgan fingerprint density at radius 3 is 2.84 bits per heavy atom. The van der Waals surface area contributed by atoms with Gasteiger partial charge in [-0.2, -0.15) is 11.8 Å². The first-order chi connectivity index (χ1) is 9.00. The maximum atomic E-state index is 11.9. The molecule has 1 unspecified atom stereocenters. The smallest absolute Gasteiger partial charge is 0.146 e. The van der Waals surface area contributed by atoms with Gasteiger partial charge in [-0.15, -0.1) is 11.8 Å². The molecule has 0 heterocycles. The van der Waals surface area contributed by atoms with Crippen LogP contribution in [0.15, 0.2) is 12.2 Å². The SMILES string of the molecule is CCC(C)(O)C=C[C@H]1CCC(=O)[C@@H]1SCCCSC. The molecule has 0 aromatic rings. The molecule has 3 atom stereocenters. The van der Waals surface area contributed by atoms with Crippen LogP contribution in [-0.2, 0) is 4.79 Å². The highest BCUT2D eigenvalue weighted by atomic mass is 32.2. The van der Waals surface area contributed by atoms with E-state index in [0.717, 1.165) is 12.2 Å².